The molecule has 3 rings (SSSR count). The van der Waals surface area contributed by atoms with Gasteiger partial charge in [0.05, 0.1) is 14.2 Å². The van der Waals surface area contributed by atoms with E-state index in [2.05, 4.69) is 29.3 Å². The van der Waals surface area contributed by atoms with Crippen LogP contribution in [0.1, 0.15) is 34.8 Å². The average molecular weight is 354 g/mol. The lowest BCUT2D eigenvalue weighted by atomic mass is 9.99. The summed E-state index contributed by atoms with van der Waals surface area (Å²) in [6.07, 6.45) is 2.19. The largest absolute Gasteiger partial charge is 0.497 e. The van der Waals surface area contributed by atoms with E-state index >= 15 is 0 Å². The minimum absolute atomic E-state index is 0.175. The Labute approximate surface area is 154 Å². The first-order valence-electron chi connectivity index (χ1n) is 9.01. The van der Waals surface area contributed by atoms with Crippen molar-refractivity contribution in [3.63, 3.8) is 0 Å². The van der Waals surface area contributed by atoms with Crippen LogP contribution in [-0.2, 0) is 13.0 Å². The predicted molar refractivity (Wildman–Crippen MR) is 103 cm³/mol. The van der Waals surface area contributed by atoms with Gasteiger partial charge in [-0.15, -0.1) is 0 Å². The van der Waals surface area contributed by atoms with Crippen LogP contribution < -0.4 is 14.8 Å². The lowest BCUT2D eigenvalue weighted by Gasteiger charge is -2.28. The molecule has 2 aromatic rings. The molecule has 138 valence electrons. The van der Waals surface area contributed by atoms with E-state index in [0.29, 0.717) is 17.1 Å². The number of benzene rings is 2. The fraction of sp³-hybridized carbons (Fsp3) is 0.381. The van der Waals surface area contributed by atoms with Crippen LogP contribution in [0.3, 0.4) is 0 Å². The number of hydrogen-bond donors (Lipinski definition) is 1. The first-order valence-corrected chi connectivity index (χ1v) is 9.01. The Hall–Kier alpha value is -2.53. The fourth-order valence-electron chi connectivity index (χ4n) is 3.34. The lowest BCUT2D eigenvalue weighted by Crippen LogP contribution is -2.31. The Balaban J connectivity index is 1.74. The topological polar surface area (TPSA) is 50.8 Å². The minimum atomic E-state index is -0.175. The molecule has 0 aromatic heterocycles. The van der Waals surface area contributed by atoms with Gasteiger partial charge in [0.25, 0.3) is 5.91 Å². The van der Waals surface area contributed by atoms with E-state index in [1.807, 2.05) is 6.07 Å². The van der Waals surface area contributed by atoms with Gasteiger partial charge < -0.3 is 14.8 Å². The van der Waals surface area contributed by atoms with E-state index in [1.54, 1.807) is 32.4 Å². The molecule has 1 N–H and O–H groups in total. The van der Waals surface area contributed by atoms with Gasteiger partial charge in [-0.05, 0) is 54.8 Å². The van der Waals surface area contributed by atoms with Crippen molar-refractivity contribution in [2.75, 3.05) is 32.6 Å². The van der Waals surface area contributed by atoms with E-state index in [9.17, 15) is 4.79 Å². The highest BCUT2D eigenvalue weighted by molar-refractivity contribution is 6.04. The van der Waals surface area contributed by atoms with Crippen molar-refractivity contribution in [1.82, 2.24) is 4.90 Å². The summed E-state index contributed by atoms with van der Waals surface area (Å²) >= 11 is 0. The van der Waals surface area contributed by atoms with Gasteiger partial charge in [0.1, 0.15) is 11.5 Å². The molecule has 1 aliphatic rings. The van der Waals surface area contributed by atoms with Crippen molar-refractivity contribution in [1.29, 1.82) is 0 Å². The van der Waals surface area contributed by atoms with Gasteiger partial charge in [-0.2, -0.15) is 0 Å². The van der Waals surface area contributed by atoms with Crippen LogP contribution in [0.25, 0.3) is 0 Å². The zero-order chi connectivity index (χ0) is 18.5. The second-order valence-electron chi connectivity index (χ2n) is 6.57. The smallest absolute Gasteiger partial charge is 0.255 e. The molecule has 0 bridgehead atoms. The number of ether oxygens (including phenoxy) is 2. The minimum Gasteiger partial charge on any atom is -0.497 e. The number of methoxy groups -OCH3 is 2. The Morgan fingerprint density at radius 3 is 2.46 bits per heavy atom. The summed E-state index contributed by atoms with van der Waals surface area (Å²) in [5.41, 5.74) is 4.00. The van der Waals surface area contributed by atoms with Crippen LogP contribution >= 0.6 is 0 Å². The van der Waals surface area contributed by atoms with Crippen molar-refractivity contribution in [3.8, 4) is 11.5 Å². The Morgan fingerprint density at radius 1 is 1.08 bits per heavy atom. The van der Waals surface area contributed by atoms with Gasteiger partial charge in [0.2, 0.25) is 0 Å². The van der Waals surface area contributed by atoms with Crippen LogP contribution in [0.5, 0.6) is 11.5 Å². The molecule has 1 amide bonds. The number of nitrogens with one attached hydrogen (secondary N) is 1. The number of carbonyl (C=O) groups is 1. The summed E-state index contributed by atoms with van der Waals surface area (Å²) in [5, 5.41) is 2.98. The average Bonchev–Trinajstić information content (AvgIpc) is 2.67. The maximum Gasteiger partial charge on any atom is 0.255 e. The molecule has 0 spiro atoms. The third-order valence-electron chi connectivity index (χ3n) is 4.71. The van der Waals surface area contributed by atoms with Gasteiger partial charge in [0.15, 0.2) is 0 Å². The number of fused-ring (bicyclic) bond motifs is 1. The van der Waals surface area contributed by atoms with Crippen LogP contribution in [0.4, 0.5) is 5.69 Å². The number of hydrogen-bond acceptors (Lipinski definition) is 4. The second kappa shape index (κ2) is 8.23. The highest BCUT2D eigenvalue weighted by Gasteiger charge is 2.17. The van der Waals surface area contributed by atoms with E-state index in [1.165, 1.54) is 17.5 Å². The molecule has 26 heavy (non-hydrogen) atoms. The molecule has 0 atom stereocenters. The summed E-state index contributed by atoms with van der Waals surface area (Å²) < 4.78 is 10.5. The Bertz CT molecular complexity index is 767. The lowest BCUT2D eigenvalue weighted by molar-refractivity contribution is 0.102. The van der Waals surface area contributed by atoms with Gasteiger partial charge in [-0.1, -0.05) is 13.0 Å². The van der Waals surface area contributed by atoms with Gasteiger partial charge in [0, 0.05) is 30.4 Å². The van der Waals surface area contributed by atoms with Crippen molar-refractivity contribution in [2.24, 2.45) is 0 Å². The number of nitrogens with zero attached hydrogens (tertiary/aromatic N) is 1. The van der Waals surface area contributed by atoms with Gasteiger partial charge >= 0.3 is 0 Å². The SMILES string of the molecule is CCCN1CCc2cc(NC(=O)c3cc(OC)cc(OC)c3)ccc2C1. The molecule has 2 aromatic carbocycles. The maximum atomic E-state index is 12.6. The first kappa shape index (κ1) is 18.3. The molecule has 5 heteroatoms. The number of amides is 1. The molecule has 1 aliphatic heterocycles. The van der Waals surface area contributed by atoms with Gasteiger partial charge in [-0.3, -0.25) is 9.69 Å². The maximum absolute atomic E-state index is 12.6. The molecule has 0 unspecified atom stereocenters. The Morgan fingerprint density at radius 2 is 1.81 bits per heavy atom. The molecule has 0 aliphatic carbocycles. The normalized spacial score (nSPS) is 13.8. The third-order valence-corrected chi connectivity index (χ3v) is 4.71. The number of rotatable bonds is 6. The van der Waals surface area contributed by atoms with E-state index < -0.39 is 0 Å². The highest BCUT2D eigenvalue weighted by atomic mass is 16.5. The highest BCUT2D eigenvalue weighted by Crippen LogP contribution is 2.25. The zero-order valence-electron chi connectivity index (χ0n) is 15.7. The summed E-state index contributed by atoms with van der Waals surface area (Å²) in [6.45, 7) is 5.41. The van der Waals surface area contributed by atoms with Crippen LogP contribution in [0.15, 0.2) is 36.4 Å². The standard InChI is InChI=1S/C21H26N2O3/c1-4-8-23-9-7-15-10-18(6-5-16(15)14-23)22-21(24)17-11-19(25-2)13-20(12-17)26-3/h5-6,10-13H,4,7-9,14H2,1-3H3,(H,22,24). The summed E-state index contributed by atoms with van der Waals surface area (Å²) in [5.74, 6) is 1.01. The van der Waals surface area contributed by atoms with Crippen molar-refractivity contribution in [3.05, 3.63) is 53.1 Å². The Kier molecular flexibility index (Phi) is 5.78. The van der Waals surface area contributed by atoms with Gasteiger partial charge in [-0.25, -0.2) is 0 Å². The second-order valence-corrected chi connectivity index (χ2v) is 6.57. The number of carbonyl (C=O) groups excluding carboxylic acids is 1. The van der Waals surface area contributed by atoms with Crippen LogP contribution in [0.2, 0.25) is 0 Å². The van der Waals surface area contributed by atoms with Crippen molar-refractivity contribution < 1.29 is 14.3 Å². The monoisotopic (exact) mass is 354 g/mol. The quantitative estimate of drug-likeness (QED) is 0.859. The molecule has 0 saturated carbocycles. The third kappa shape index (κ3) is 4.17. The molecule has 5 nitrogen and oxygen atoms in total. The first-order chi connectivity index (χ1) is 12.6. The van der Waals surface area contributed by atoms with E-state index in [0.717, 1.165) is 31.7 Å². The summed E-state index contributed by atoms with van der Waals surface area (Å²) in [7, 11) is 3.14. The summed E-state index contributed by atoms with van der Waals surface area (Å²) in [6, 6.07) is 11.4. The van der Waals surface area contributed by atoms with Crippen molar-refractivity contribution in [2.45, 2.75) is 26.3 Å². The molecule has 0 fully saturated rings. The molecule has 0 saturated heterocycles. The van der Waals surface area contributed by atoms with E-state index in [-0.39, 0.29) is 5.91 Å². The van der Waals surface area contributed by atoms with Crippen molar-refractivity contribution >= 4 is 11.6 Å². The van der Waals surface area contributed by atoms with E-state index in [4.69, 9.17) is 9.47 Å². The molecular formula is C21H26N2O3. The van der Waals surface area contributed by atoms with Crippen LogP contribution in [-0.4, -0.2) is 38.1 Å². The molecular weight excluding hydrogens is 328 g/mol. The zero-order valence-corrected chi connectivity index (χ0v) is 15.7. The predicted octanol–water partition coefficient (Wildman–Crippen LogP) is 3.72. The molecule has 1 heterocycles. The molecule has 0 radical (unpaired) electrons. The summed E-state index contributed by atoms with van der Waals surface area (Å²) in [4.78, 5) is 15.1. The fourth-order valence-corrected chi connectivity index (χ4v) is 3.34. The van der Waals surface area contributed by atoms with Crippen LogP contribution in [0, 0.1) is 0 Å². The number of anilines is 1.